The lowest BCUT2D eigenvalue weighted by Crippen LogP contribution is -2.66. The summed E-state index contributed by atoms with van der Waals surface area (Å²) in [7, 11) is 0. The van der Waals surface area contributed by atoms with Crippen molar-refractivity contribution in [3.63, 3.8) is 0 Å². The van der Waals surface area contributed by atoms with E-state index in [9.17, 15) is 0 Å². The maximum absolute atomic E-state index is 7.58. The predicted molar refractivity (Wildman–Crippen MR) is 290 cm³/mol. The van der Waals surface area contributed by atoms with Gasteiger partial charge < -0.3 is 52.1 Å². The van der Waals surface area contributed by atoms with Crippen LogP contribution in [0.2, 0.25) is 0 Å². The molecule has 0 spiro atoms. The standard InChI is InChI=1S/C65H70O11/c1-3-48(2)73-64-63(72-45-55-37-23-10-24-38-55)61(70-43-53-33-19-8-20-34-53)59(57(75-64)47-67-40-50-27-13-5-14-28-50)76-65-62(71-44-54-35-21-9-22-36-54)60(69-42-52-31-17-7-18-32-52)58(68-41-51-29-15-6-16-30-51)56(74-65)46-66-39-49-25-11-4-12-26-49/h3-38,48,56-65H,1,39-47H2,2H3/t48?,56-,57-,58+,59-,60+,61+,62-,63-,64-,65+/m1/s1. The van der Waals surface area contributed by atoms with Gasteiger partial charge in [0.15, 0.2) is 12.6 Å². The molecule has 7 aromatic rings. The monoisotopic (exact) mass is 1030 g/mol. The van der Waals surface area contributed by atoms with Gasteiger partial charge in [-0.05, 0) is 45.9 Å². The van der Waals surface area contributed by atoms with Crippen molar-refractivity contribution in [2.75, 3.05) is 13.2 Å². The van der Waals surface area contributed by atoms with Crippen LogP contribution >= 0.6 is 0 Å². The van der Waals surface area contributed by atoms with Gasteiger partial charge in [-0.15, -0.1) is 6.58 Å². The molecule has 9 rings (SSSR count). The van der Waals surface area contributed by atoms with Crippen molar-refractivity contribution in [1.29, 1.82) is 0 Å². The molecule has 396 valence electrons. The highest BCUT2D eigenvalue weighted by molar-refractivity contribution is 5.19. The zero-order valence-corrected chi connectivity index (χ0v) is 43.2. The molecule has 0 N–H and O–H groups in total. The van der Waals surface area contributed by atoms with Crippen LogP contribution in [0.25, 0.3) is 0 Å². The van der Waals surface area contributed by atoms with Crippen LogP contribution in [0, 0.1) is 0 Å². The summed E-state index contributed by atoms with van der Waals surface area (Å²) in [6.07, 6.45) is -7.12. The molecule has 1 unspecified atom stereocenters. The smallest absolute Gasteiger partial charge is 0.187 e. The molecule has 11 nitrogen and oxygen atoms in total. The van der Waals surface area contributed by atoms with Crippen molar-refractivity contribution >= 4 is 0 Å². The summed E-state index contributed by atoms with van der Waals surface area (Å²) in [6.45, 7) is 8.10. The second kappa shape index (κ2) is 29.4. The molecular weight excluding hydrogens is 957 g/mol. The van der Waals surface area contributed by atoms with E-state index in [1.807, 2.05) is 219 Å². The zero-order valence-electron chi connectivity index (χ0n) is 43.2. The van der Waals surface area contributed by atoms with Crippen molar-refractivity contribution in [2.24, 2.45) is 0 Å². The van der Waals surface area contributed by atoms with Crippen LogP contribution < -0.4 is 0 Å². The summed E-state index contributed by atoms with van der Waals surface area (Å²) in [5, 5.41) is 0. The van der Waals surface area contributed by atoms with Gasteiger partial charge in [-0.3, -0.25) is 0 Å². The first-order valence-electron chi connectivity index (χ1n) is 26.3. The highest BCUT2D eigenvalue weighted by Gasteiger charge is 2.55. The summed E-state index contributed by atoms with van der Waals surface area (Å²) in [5.41, 5.74) is 6.89. The number of benzene rings is 7. The molecule has 76 heavy (non-hydrogen) atoms. The molecule has 0 aromatic heterocycles. The minimum absolute atomic E-state index is 0.0983. The lowest BCUT2D eigenvalue weighted by molar-refractivity contribution is -0.379. The average molecular weight is 1030 g/mol. The Hall–Kier alpha value is -6.16. The highest BCUT2D eigenvalue weighted by Crippen LogP contribution is 2.37. The van der Waals surface area contributed by atoms with Crippen LogP contribution in [0.1, 0.15) is 45.9 Å². The maximum atomic E-state index is 7.58. The molecular formula is C65H70O11. The average Bonchev–Trinajstić information content (AvgIpc) is 3.48. The molecule has 2 fully saturated rings. The summed E-state index contributed by atoms with van der Waals surface area (Å²) < 4.78 is 77.1. The molecule has 11 heteroatoms. The quantitative estimate of drug-likeness (QED) is 0.0438. The highest BCUT2D eigenvalue weighted by atomic mass is 16.8. The first-order chi connectivity index (χ1) is 37.6. The number of ether oxygens (including phenoxy) is 11. The van der Waals surface area contributed by atoms with Crippen LogP contribution in [0.15, 0.2) is 225 Å². The summed E-state index contributed by atoms with van der Waals surface area (Å²) >= 11 is 0. The van der Waals surface area contributed by atoms with Crippen LogP contribution in [0.3, 0.4) is 0 Å². The summed E-state index contributed by atoms with van der Waals surface area (Å²) in [4.78, 5) is 0. The molecule has 2 aliphatic heterocycles. The van der Waals surface area contributed by atoms with E-state index in [2.05, 4.69) is 6.58 Å². The molecule has 0 radical (unpaired) electrons. The van der Waals surface area contributed by atoms with Gasteiger partial charge in [-0.1, -0.05) is 218 Å². The van der Waals surface area contributed by atoms with Crippen molar-refractivity contribution in [1.82, 2.24) is 0 Å². The van der Waals surface area contributed by atoms with Gasteiger partial charge in [0.1, 0.15) is 48.8 Å². The fourth-order valence-corrected chi connectivity index (χ4v) is 9.33. The molecule has 0 bridgehead atoms. The van der Waals surface area contributed by atoms with E-state index in [1.165, 1.54) is 0 Å². The van der Waals surface area contributed by atoms with Gasteiger partial charge in [0.25, 0.3) is 0 Å². The normalized spacial score (nSPS) is 23.9. The Labute approximate surface area is 448 Å². The van der Waals surface area contributed by atoms with Gasteiger partial charge in [0.2, 0.25) is 0 Å². The third kappa shape index (κ3) is 16.2. The van der Waals surface area contributed by atoms with Crippen LogP contribution in [-0.4, -0.2) is 80.7 Å². The summed E-state index contributed by atoms with van der Waals surface area (Å²) in [5.74, 6) is 0. The molecule has 2 heterocycles. The van der Waals surface area contributed by atoms with E-state index in [0.29, 0.717) is 13.2 Å². The van der Waals surface area contributed by atoms with Gasteiger partial charge in [-0.2, -0.15) is 0 Å². The first-order valence-corrected chi connectivity index (χ1v) is 26.3. The Morgan fingerprint density at radius 2 is 0.632 bits per heavy atom. The molecule has 0 amide bonds. The largest absolute Gasteiger partial charge is 0.374 e. The number of hydrogen-bond donors (Lipinski definition) is 0. The first kappa shape index (κ1) is 54.6. The minimum atomic E-state index is -1.11. The SMILES string of the molecule is C=CC(C)O[C@@H]1O[C@H](COCc2ccccc2)[C@@H](O[C@@H]2O[C@H](COCc3ccccc3)[C@H](OCc3ccccc3)[C@H](OCc3ccccc3)[C@H]2OCc2ccccc2)[C@H](OCc2ccccc2)[C@H]1OCc1ccccc1. The van der Waals surface area contributed by atoms with Crippen molar-refractivity contribution in [3.05, 3.63) is 264 Å². The lowest BCUT2D eigenvalue weighted by Gasteiger charge is -2.50. The van der Waals surface area contributed by atoms with E-state index >= 15 is 0 Å². The third-order valence-corrected chi connectivity index (χ3v) is 13.4. The Balaban J connectivity index is 1.13. The fourth-order valence-electron chi connectivity index (χ4n) is 9.33. The van der Waals surface area contributed by atoms with Gasteiger partial charge in [-0.25, -0.2) is 0 Å². The van der Waals surface area contributed by atoms with E-state index in [1.54, 1.807) is 6.08 Å². The van der Waals surface area contributed by atoms with E-state index < -0.39 is 67.5 Å². The molecule has 2 aliphatic rings. The predicted octanol–water partition coefficient (Wildman–Crippen LogP) is 11.8. The molecule has 7 aromatic carbocycles. The van der Waals surface area contributed by atoms with Gasteiger partial charge in [0.05, 0.1) is 65.6 Å². The summed E-state index contributed by atoms with van der Waals surface area (Å²) in [6, 6.07) is 70.4. The van der Waals surface area contributed by atoms with Gasteiger partial charge >= 0.3 is 0 Å². The van der Waals surface area contributed by atoms with Crippen LogP contribution in [-0.2, 0) is 98.4 Å². The van der Waals surface area contributed by atoms with Crippen molar-refractivity contribution in [2.45, 2.75) is 121 Å². The lowest BCUT2D eigenvalue weighted by atomic mass is 9.95. The Morgan fingerprint density at radius 3 is 0.987 bits per heavy atom. The van der Waals surface area contributed by atoms with Gasteiger partial charge in [0, 0.05) is 0 Å². The van der Waals surface area contributed by atoms with Crippen LogP contribution in [0.4, 0.5) is 0 Å². The third-order valence-electron chi connectivity index (χ3n) is 13.4. The van der Waals surface area contributed by atoms with E-state index in [4.69, 9.17) is 52.1 Å². The Kier molecular flexibility index (Phi) is 21.1. The maximum Gasteiger partial charge on any atom is 0.187 e. The Morgan fingerprint density at radius 1 is 0.355 bits per heavy atom. The second-order valence-corrected chi connectivity index (χ2v) is 19.1. The molecule has 11 atom stereocenters. The number of hydrogen-bond acceptors (Lipinski definition) is 11. The van der Waals surface area contributed by atoms with Crippen LogP contribution in [0.5, 0.6) is 0 Å². The fraction of sp³-hybridized carbons (Fsp3) is 0.323. The molecule has 0 aliphatic carbocycles. The van der Waals surface area contributed by atoms with Crippen molar-refractivity contribution < 1.29 is 52.1 Å². The topological polar surface area (TPSA) is 102 Å². The van der Waals surface area contributed by atoms with E-state index in [-0.39, 0.29) is 46.2 Å². The van der Waals surface area contributed by atoms with Crippen molar-refractivity contribution in [3.8, 4) is 0 Å². The second-order valence-electron chi connectivity index (χ2n) is 19.1. The van der Waals surface area contributed by atoms with E-state index in [0.717, 1.165) is 38.9 Å². The molecule has 0 saturated carbocycles. The molecule has 2 saturated heterocycles. The zero-order chi connectivity index (χ0) is 52.0. The minimum Gasteiger partial charge on any atom is -0.374 e. The number of rotatable bonds is 28. The Bertz CT molecular complexity index is 2670.